The van der Waals surface area contributed by atoms with Crippen LogP contribution in [0.4, 0.5) is 5.82 Å². The Morgan fingerprint density at radius 3 is 2.71 bits per heavy atom. The number of benzene rings is 1. The number of nitrogens with one attached hydrogen (secondary N) is 1. The van der Waals surface area contributed by atoms with Crippen molar-refractivity contribution in [1.82, 2.24) is 29.3 Å². The van der Waals surface area contributed by atoms with Gasteiger partial charge in [0.15, 0.2) is 5.82 Å². The molecule has 1 aromatic carbocycles. The highest BCUT2D eigenvalue weighted by molar-refractivity contribution is 5.88. The van der Waals surface area contributed by atoms with Crippen LogP contribution in [0, 0.1) is 0 Å². The quantitative estimate of drug-likeness (QED) is 0.432. The van der Waals surface area contributed by atoms with E-state index >= 15 is 0 Å². The number of amides is 1. The van der Waals surface area contributed by atoms with Crippen LogP contribution >= 0.6 is 0 Å². The number of nitrogens with zero attached hydrogens (tertiary/aromatic N) is 6. The Kier molecular flexibility index (Phi) is 7.37. The number of aliphatic hydroxyl groups is 1. The van der Waals surface area contributed by atoms with Crippen molar-refractivity contribution >= 4 is 17.2 Å². The van der Waals surface area contributed by atoms with E-state index in [0.29, 0.717) is 24.9 Å². The summed E-state index contributed by atoms with van der Waals surface area (Å²) in [5, 5.41) is 17.8. The number of ether oxygens (including phenoxy) is 1. The molecule has 3 aromatic rings. The first-order chi connectivity index (χ1) is 18.7. The van der Waals surface area contributed by atoms with E-state index in [0.717, 1.165) is 74.6 Å². The van der Waals surface area contributed by atoms with Crippen LogP contribution in [0.15, 0.2) is 55.0 Å². The standard InChI is InChI=1S/C28H35N7O3/c36-17-25(21-5-2-1-3-6-21)31-28-27-24-8-10-34(15-22(24)16-35(27)30-20-29-28)26(37)7-4-9-32-11-13-33(14-12-32)23-18-38-19-23/h1-7,16,20,23,25,36H,8-15,17-19H2,(H,29,30,31). The van der Waals surface area contributed by atoms with Crippen LogP contribution in [-0.2, 0) is 22.5 Å². The minimum atomic E-state index is -0.276. The number of anilines is 1. The smallest absolute Gasteiger partial charge is 0.246 e. The summed E-state index contributed by atoms with van der Waals surface area (Å²) in [5.41, 5.74) is 4.14. The topological polar surface area (TPSA) is 98.5 Å². The van der Waals surface area contributed by atoms with Crippen LogP contribution in [0.5, 0.6) is 0 Å². The molecule has 38 heavy (non-hydrogen) atoms. The number of aromatic nitrogens is 3. The van der Waals surface area contributed by atoms with Crippen molar-refractivity contribution in [3.63, 3.8) is 0 Å². The molecular weight excluding hydrogens is 482 g/mol. The zero-order valence-corrected chi connectivity index (χ0v) is 21.6. The summed E-state index contributed by atoms with van der Waals surface area (Å²) in [6, 6.07) is 10.2. The maximum Gasteiger partial charge on any atom is 0.246 e. The van der Waals surface area contributed by atoms with Gasteiger partial charge < -0.3 is 20.1 Å². The lowest BCUT2D eigenvalue weighted by Gasteiger charge is -2.42. The van der Waals surface area contributed by atoms with E-state index in [1.807, 2.05) is 52.0 Å². The molecule has 0 spiro atoms. The molecular formula is C28H35N7O3. The second-order valence-corrected chi connectivity index (χ2v) is 10.3. The first kappa shape index (κ1) is 25.0. The number of carbonyl (C=O) groups is 1. The van der Waals surface area contributed by atoms with E-state index in [2.05, 4.69) is 25.2 Å². The van der Waals surface area contributed by atoms with Gasteiger partial charge in [0, 0.05) is 58.1 Å². The molecule has 1 unspecified atom stereocenters. The Labute approximate surface area is 222 Å². The fourth-order valence-corrected chi connectivity index (χ4v) is 5.60. The number of fused-ring (bicyclic) bond motifs is 3. The summed E-state index contributed by atoms with van der Waals surface area (Å²) in [7, 11) is 0. The lowest BCUT2D eigenvalue weighted by molar-refractivity contribution is -0.126. The lowest BCUT2D eigenvalue weighted by atomic mass is 10.0. The Morgan fingerprint density at radius 2 is 1.97 bits per heavy atom. The van der Waals surface area contributed by atoms with Gasteiger partial charge >= 0.3 is 0 Å². The summed E-state index contributed by atoms with van der Waals surface area (Å²) in [6.45, 7) is 7.86. The third-order valence-electron chi connectivity index (χ3n) is 7.94. The van der Waals surface area contributed by atoms with Crippen molar-refractivity contribution < 1.29 is 14.6 Å². The highest BCUT2D eigenvalue weighted by atomic mass is 16.5. The predicted molar refractivity (Wildman–Crippen MR) is 144 cm³/mol. The zero-order chi connectivity index (χ0) is 25.9. The highest BCUT2D eigenvalue weighted by Crippen LogP contribution is 2.30. The summed E-state index contributed by atoms with van der Waals surface area (Å²) in [6.07, 6.45) is 7.97. The fourth-order valence-electron chi connectivity index (χ4n) is 5.60. The van der Waals surface area contributed by atoms with E-state index < -0.39 is 0 Å². The van der Waals surface area contributed by atoms with Crippen LogP contribution in [0.25, 0.3) is 5.52 Å². The molecule has 1 amide bonds. The van der Waals surface area contributed by atoms with Gasteiger partial charge in [0.05, 0.1) is 31.9 Å². The van der Waals surface area contributed by atoms with Crippen LogP contribution in [0.3, 0.4) is 0 Å². The van der Waals surface area contributed by atoms with Crippen LogP contribution in [0.2, 0.25) is 0 Å². The van der Waals surface area contributed by atoms with E-state index in [1.54, 1.807) is 6.08 Å². The Bertz CT molecular complexity index is 1280. The van der Waals surface area contributed by atoms with Gasteiger partial charge in [0.25, 0.3) is 0 Å². The third-order valence-corrected chi connectivity index (χ3v) is 7.94. The summed E-state index contributed by atoms with van der Waals surface area (Å²) in [5.74, 6) is 0.735. The Balaban J connectivity index is 1.08. The van der Waals surface area contributed by atoms with Gasteiger partial charge in [-0.15, -0.1) is 0 Å². The molecule has 0 radical (unpaired) electrons. The predicted octanol–water partition coefficient (Wildman–Crippen LogP) is 1.33. The number of hydrogen-bond acceptors (Lipinski definition) is 8. The van der Waals surface area contributed by atoms with Gasteiger partial charge in [-0.1, -0.05) is 36.4 Å². The molecule has 6 rings (SSSR count). The van der Waals surface area contributed by atoms with Gasteiger partial charge in [0.1, 0.15) is 11.8 Å². The molecule has 200 valence electrons. The maximum atomic E-state index is 13.0. The number of piperazine rings is 1. The second-order valence-electron chi connectivity index (χ2n) is 10.3. The van der Waals surface area contributed by atoms with Crippen molar-refractivity contribution in [2.45, 2.75) is 25.0 Å². The average Bonchev–Trinajstić information content (AvgIpc) is 3.31. The lowest BCUT2D eigenvalue weighted by Crippen LogP contribution is -2.56. The largest absolute Gasteiger partial charge is 0.394 e. The van der Waals surface area contributed by atoms with Crippen molar-refractivity contribution in [3.8, 4) is 0 Å². The molecule has 0 aliphatic carbocycles. The normalized spacial score (nSPS) is 20.0. The molecule has 10 nitrogen and oxygen atoms in total. The number of carbonyl (C=O) groups excluding carboxylic acids is 1. The molecule has 0 saturated carbocycles. The zero-order valence-electron chi connectivity index (χ0n) is 21.6. The Hall–Kier alpha value is -3.31. The molecule has 3 aliphatic rings. The number of aliphatic hydroxyl groups excluding tert-OH is 1. The monoisotopic (exact) mass is 517 g/mol. The fraction of sp³-hybridized carbons (Fsp3) is 0.464. The Morgan fingerprint density at radius 1 is 1.16 bits per heavy atom. The summed E-state index contributed by atoms with van der Waals surface area (Å²) >= 11 is 0. The first-order valence-electron chi connectivity index (χ1n) is 13.5. The van der Waals surface area contributed by atoms with E-state index in [1.165, 1.54) is 6.33 Å². The highest BCUT2D eigenvalue weighted by Gasteiger charge is 2.29. The molecule has 2 saturated heterocycles. The van der Waals surface area contributed by atoms with Gasteiger partial charge in [0.2, 0.25) is 5.91 Å². The second kappa shape index (κ2) is 11.2. The van der Waals surface area contributed by atoms with Crippen molar-refractivity contribution in [2.24, 2.45) is 0 Å². The van der Waals surface area contributed by atoms with Crippen LogP contribution in [-0.4, -0.2) is 105 Å². The SMILES string of the molecule is O=C(C=CCN1CCN(C2COC2)CC1)N1CCc2c(cn3ncnc(NC(CO)c4ccccc4)c23)C1. The van der Waals surface area contributed by atoms with Crippen LogP contribution in [0.1, 0.15) is 22.7 Å². The first-order valence-corrected chi connectivity index (χ1v) is 13.5. The summed E-state index contributed by atoms with van der Waals surface area (Å²) in [4.78, 5) is 24.3. The summed E-state index contributed by atoms with van der Waals surface area (Å²) < 4.78 is 7.15. The minimum Gasteiger partial charge on any atom is -0.394 e. The minimum absolute atomic E-state index is 0.0463. The molecule has 2 fully saturated rings. The van der Waals surface area contributed by atoms with Gasteiger partial charge in [-0.25, -0.2) is 9.50 Å². The van der Waals surface area contributed by atoms with Gasteiger partial charge in [-0.2, -0.15) is 5.10 Å². The molecule has 3 aliphatic heterocycles. The molecule has 1 atom stereocenters. The molecule has 2 aromatic heterocycles. The maximum absolute atomic E-state index is 13.0. The van der Waals surface area contributed by atoms with Crippen molar-refractivity contribution in [1.29, 1.82) is 0 Å². The van der Waals surface area contributed by atoms with Gasteiger partial charge in [-0.05, 0) is 23.1 Å². The molecule has 5 heterocycles. The number of rotatable bonds is 8. The van der Waals surface area contributed by atoms with Crippen LogP contribution < -0.4 is 5.32 Å². The van der Waals surface area contributed by atoms with Gasteiger partial charge in [-0.3, -0.25) is 14.6 Å². The number of hydrogen-bond donors (Lipinski definition) is 2. The third kappa shape index (κ3) is 5.17. The van der Waals surface area contributed by atoms with Crippen molar-refractivity contribution in [2.75, 3.05) is 64.4 Å². The molecule has 2 N–H and O–H groups in total. The van der Waals surface area contributed by atoms with E-state index in [9.17, 15) is 9.90 Å². The molecule has 0 bridgehead atoms. The molecule has 10 heteroatoms. The van der Waals surface area contributed by atoms with E-state index in [-0.39, 0.29) is 18.6 Å². The average molecular weight is 518 g/mol. The van der Waals surface area contributed by atoms with Crippen molar-refractivity contribution in [3.05, 3.63) is 71.7 Å². The van der Waals surface area contributed by atoms with E-state index in [4.69, 9.17) is 4.74 Å².